The maximum absolute atomic E-state index is 13.6. The van der Waals surface area contributed by atoms with Crippen LogP contribution < -0.4 is 9.63 Å². The molecule has 1 aromatic rings. The number of esters is 1. The van der Waals surface area contributed by atoms with E-state index in [0.717, 1.165) is 30.4 Å². The molecule has 0 amide bonds. The molecule has 0 saturated heterocycles. The summed E-state index contributed by atoms with van der Waals surface area (Å²) in [7, 11) is -4.74. The number of phenolic OH excluding ortho intramolecular Hbond substituents is 1. The van der Waals surface area contributed by atoms with Crippen molar-refractivity contribution in [1.29, 1.82) is 0 Å². The van der Waals surface area contributed by atoms with Crippen molar-refractivity contribution in [3.8, 4) is 11.5 Å². The molecule has 1 fully saturated rings. The van der Waals surface area contributed by atoms with Gasteiger partial charge in [-0.15, -0.1) is 0 Å². The number of carbonyl (C=O) groups excluding carboxylic acids is 1. The Bertz CT molecular complexity index is 1050. The van der Waals surface area contributed by atoms with Crippen molar-refractivity contribution in [1.82, 2.24) is 0 Å². The monoisotopic (exact) mass is 519 g/mol. The quantitative estimate of drug-likeness (QED) is 0.163. The van der Waals surface area contributed by atoms with Crippen molar-refractivity contribution in [2.45, 2.75) is 104 Å². The number of ether oxygens (including phenoxy) is 1. The zero-order chi connectivity index (χ0) is 26.7. The number of aryl methyl sites for hydroxylation is 1. The lowest BCUT2D eigenvalue weighted by Crippen LogP contribution is -2.42. The minimum atomic E-state index is -4.74. The van der Waals surface area contributed by atoms with E-state index in [-0.39, 0.29) is 36.2 Å². The molecule has 2 aliphatic rings. The molecule has 8 heteroatoms. The number of aromatic hydroxyl groups is 1. The van der Waals surface area contributed by atoms with E-state index in [1.54, 1.807) is 26.0 Å². The number of hydrogen-bond acceptors (Lipinski definition) is 7. The normalized spacial score (nSPS) is 23.2. The molecular formula is C28H40O7P-. The summed E-state index contributed by atoms with van der Waals surface area (Å²) in [6.45, 7) is 13.4. The number of phosphoric acid groups is 1. The third-order valence-electron chi connectivity index (χ3n) is 7.04. The van der Waals surface area contributed by atoms with E-state index in [4.69, 9.17) is 13.8 Å². The number of allylic oxidation sites excluding steroid dienone is 3. The van der Waals surface area contributed by atoms with Crippen LogP contribution in [0, 0.1) is 5.92 Å². The summed E-state index contributed by atoms with van der Waals surface area (Å²) < 4.78 is 28.9. The highest BCUT2D eigenvalue weighted by molar-refractivity contribution is 7.46. The topological polar surface area (TPSA) is 105 Å². The van der Waals surface area contributed by atoms with Crippen LogP contribution in [0.4, 0.5) is 0 Å². The average Bonchev–Trinajstić information content (AvgIpc) is 3.21. The van der Waals surface area contributed by atoms with Crippen LogP contribution in [0.1, 0.15) is 96.6 Å². The number of benzene rings is 1. The van der Waals surface area contributed by atoms with E-state index in [2.05, 4.69) is 19.6 Å². The first-order valence-electron chi connectivity index (χ1n) is 13.0. The molecule has 200 valence electrons. The van der Waals surface area contributed by atoms with Crippen LogP contribution in [0.5, 0.6) is 11.5 Å². The predicted molar refractivity (Wildman–Crippen MR) is 138 cm³/mol. The number of hydrogen-bond donors (Lipinski definition) is 1. The van der Waals surface area contributed by atoms with Crippen LogP contribution in [0.2, 0.25) is 0 Å². The van der Waals surface area contributed by atoms with Gasteiger partial charge in [-0.25, -0.2) is 4.79 Å². The van der Waals surface area contributed by atoms with Crippen molar-refractivity contribution in [3.05, 3.63) is 47.1 Å². The van der Waals surface area contributed by atoms with E-state index in [9.17, 15) is 19.4 Å². The molecule has 3 atom stereocenters. The van der Waals surface area contributed by atoms with Crippen LogP contribution in [0.25, 0.3) is 0 Å². The van der Waals surface area contributed by atoms with Crippen molar-refractivity contribution in [2.24, 2.45) is 5.92 Å². The van der Waals surface area contributed by atoms with E-state index in [1.165, 1.54) is 5.57 Å². The van der Waals surface area contributed by atoms with Crippen molar-refractivity contribution in [2.75, 3.05) is 0 Å². The molecule has 0 spiro atoms. The van der Waals surface area contributed by atoms with Crippen LogP contribution in [0.3, 0.4) is 0 Å². The van der Waals surface area contributed by atoms with Gasteiger partial charge in [0.15, 0.2) is 5.60 Å². The van der Waals surface area contributed by atoms with E-state index in [0.29, 0.717) is 24.8 Å². The first-order valence-corrected chi connectivity index (χ1v) is 14.4. The third kappa shape index (κ3) is 6.69. The van der Waals surface area contributed by atoms with Crippen molar-refractivity contribution in [3.63, 3.8) is 0 Å². The van der Waals surface area contributed by atoms with Crippen LogP contribution >= 0.6 is 7.82 Å². The van der Waals surface area contributed by atoms with E-state index < -0.39 is 25.5 Å². The number of phosphoric ester groups is 1. The molecule has 7 nitrogen and oxygen atoms in total. The van der Waals surface area contributed by atoms with Gasteiger partial charge in [-0.1, -0.05) is 37.1 Å². The zero-order valence-electron chi connectivity index (χ0n) is 22.2. The summed E-state index contributed by atoms with van der Waals surface area (Å²) in [5.74, 6) is -0.616. The highest BCUT2D eigenvalue weighted by atomic mass is 31.2. The lowest BCUT2D eigenvalue weighted by molar-refractivity contribution is -0.240. The Labute approximate surface area is 215 Å². The van der Waals surface area contributed by atoms with Crippen molar-refractivity contribution < 1.29 is 33.1 Å². The molecule has 1 saturated carbocycles. The second-order valence-corrected chi connectivity index (χ2v) is 11.9. The average molecular weight is 520 g/mol. The van der Waals surface area contributed by atoms with Crippen molar-refractivity contribution >= 4 is 13.8 Å². The highest BCUT2D eigenvalue weighted by Crippen LogP contribution is 2.51. The smallest absolute Gasteiger partial charge is 0.344 e. The molecular weight excluding hydrogens is 479 g/mol. The molecule has 1 aromatic carbocycles. The molecule has 36 heavy (non-hydrogen) atoms. The summed E-state index contributed by atoms with van der Waals surface area (Å²) in [6, 6.07) is 3.52. The van der Waals surface area contributed by atoms with Gasteiger partial charge in [-0.3, -0.25) is 9.09 Å². The first kappa shape index (κ1) is 28.6. The number of rotatable bonds is 10. The SMILES string of the molecule is C=C(C)[C@@H]1CCC(C)=C[C@H]1c1c(O)cc(CCC)cc1OC(=O)C1(OP(=O)([O-])OC(C)C)CCCC1. The minimum Gasteiger partial charge on any atom is -0.756 e. The summed E-state index contributed by atoms with van der Waals surface area (Å²) >= 11 is 0. The Balaban J connectivity index is 2.05. The second kappa shape index (κ2) is 11.6. The fourth-order valence-corrected chi connectivity index (χ4v) is 6.64. The van der Waals surface area contributed by atoms with Gasteiger partial charge >= 0.3 is 5.97 Å². The van der Waals surface area contributed by atoms with Gasteiger partial charge in [-0.2, -0.15) is 0 Å². The minimum absolute atomic E-state index is 0.0602. The van der Waals surface area contributed by atoms with Gasteiger partial charge in [0.25, 0.3) is 7.82 Å². The van der Waals surface area contributed by atoms with E-state index in [1.807, 2.05) is 13.8 Å². The predicted octanol–water partition coefficient (Wildman–Crippen LogP) is 6.49. The van der Waals surface area contributed by atoms with Crippen LogP contribution in [0.15, 0.2) is 35.9 Å². The maximum atomic E-state index is 13.6. The van der Waals surface area contributed by atoms with Gasteiger partial charge in [-0.05, 0) is 96.3 Å². The lowest BCUT2D eigenvalue weighted by atomic mass is 9.73. The Kier molecular flexibility index (Phi) is 9.26. The van der Waals surface area contributed by atoms with Gasteiger partial charge < -0.3 is 19.3 Å². The lowest BCUT2D eigenvalue weighted by Gasteiger charge is -2.35. The van der Waals surface area contributed by atoms with Gasteiger partial charge in [0.1, 0.15) is 11.5 Å². The zero-order valence-corrected chi connectivity index (χ0v) is 23.1. The second-order valence-electron chi connectivity index (χ2n) is 10.6. The summed E-state index contributed by atoms with van der Waals surface area (Å²) in [4.78, 5) is 26.2. The molecule has 1 N–H and O–H groups in total. The Morgan fingerprint density at radius 1 is 1.31 bits per heavy atom. The molecule has 1 unspecified atom stereocenters. The maximum Gasteiger partial charge on any atom is 0.344 e. The van der Waals surface area contributed by atoms with E-state index >= 15 is 0 Å². The Morgan fingerprint density at radius 2 is 1.97 bits per heavy atom. The molecule has 0 aromatic heterocycles. The van der Waals surface area contributed by atoms with Gasteiger partial charge in [0.05, 0.1) is 6.10 Å². The van der Waals surface area contributed by atoms with Crippen LogP contribution in [-0.2, 0) is 24.8 Å². The van der Waals surface area contributed by atoms with Gasteiger partial charge in [0.2, 0.25) is 0 Å². The Morgan fingerprint density at radius 3 is 2.56 bits per heavy atom. The first-order chi connectivity index (χ1) is 16.9. The fraction of sp³-hybridized carbons (Fsp3) is 0.607. The summed E-state index contributed by atoms with van der Waals surface area (Å²) in [6.07, 6.45) is 6.55. The molecule has 0 heterocycles. The fourth-order valence-electron chi connectivity index (χ4n) is 5.39. The molecule has 0 bridgehead atoms. The van der Waals surface area contributed by atoms with Gasteiger partial charge in [0, 0.05) is 11.5 Å². The number of carbonyl (C=O) groups is 1. The highest BCUT2D eigenvalue weighted by Gasteiger charge is 2.48. The summed E-state index contributed by atoms with van der Waals surface area (Å²) in [5, 5.41) is 11.2. The molecule has 2 aliphatic carbocycles. The molecule has 0 aliphatic heterocycles. The summed E-state index contributed by atoms with van der Waals surface area (Å²) in [5.41, 5.74) is 1.90. The Hall–Kier alpha value is -1.92. The van der Waals surface area contributed by atoms with Crippen LogP contribution in [-0.4, -0.2) is 22.8 Å². The molecule has 0 radical (unpaired) electrons. The molecule has 3 rings (SSSR count). The standard InChI is InChI=1S/C28H41O7P/c1-7-10-21-16-24(29)26(23-15-20(6)11-12-22(23)18(2)3)25(17-21)33-27(30)28(13-8-9-14-28)35-36(31,32)34-19(4)5/h15-17,19,22-23,29H,2,7-14H2,1,3-6H3,(H,31,32)/p-1/t22-,23+/m0/s1. The largest absolute Gasteiger partial charge is 0.756 e. The number of phenols is 1. The third-order valence-corrected chi connectivity index (χ3v) is 8.30.